The van der Waals surface area contributed by atoms with E-state index in [-0.39, 0.29) is 16.8 Å². The van der Waals surface area contributed by atoms with Crippen molar-refractivity contribution in [2.24, 2.45) is 0 Å². The van der Waals surface area contributed by atoms with Crippen LogP contribution >= 0.6 is 0 Å². The summed E-state index contributed by atoms with van der Waals surface area (Å²) >= 11 is 0. The fraction of sp³-hybridized carbons (Fsp3) is 1.00. The van der Waals surface area contributed by atoms with Crippen molar-refractivity contribution < 1.29 is 21.5 Å². The van der Waals surface area contributed by atoms with Crippen molar-refractivity contribution in [1.29, 1.82) is 0 Å². The van der Waals surface area contributed by atoms with Gasteiger partial charge in [0, 0.05) is 30.0 Å². The van der Waals surface area contributed by atoms with Crippen molar-refractivity contribution >= 4 is 0 Å². The monoisotopic (exact) mass is 147 g/mol. The molecular weight excluding hydrogens is 135 g/mol. The van der Waals surface area contributed by atoms with Crippen molar-refractivity contribution in [3.8, 4) is 0 Å². The van der Waals surface area contributed by atoms with Gasteiger partial charge >= 0.3 is 0 Å². The molecule has 0 unspecified atom stereocenters. The first-order chi connectivity index (χ1) is 2.91. The third-order valence-corrected chi connectivity index (χ3v) is 0.553. The van der Waals surface area contributed by atoms with Crippen LogP contribution in [-0.2, 0) is 21.5 Å². The van der Waals surface area contributed by atoms with Crippen LogP contribution in [0.5, 0.6) is 0 Å². The van der Waals surface area contributed by atoms with E-state index in [9.17, 15) is 0 Å². The maximum Gasteiger partial charge on any atom is 0.0463 e. The van der Waals surface area contributed by atoms with Crippen LogP contribution in [0.25, 0.3) is 0 Å². The van der Waals surface area contributed by atoms with E-state index in [2.05, 4.69) is 6.92 Å². The van der Waals surface area contributed by atoms with Crippen LogP contribution in [-0.4, -0.2) is 13.2 Å². The molecular formula is C5H12CoO. The van der Waals surface area contributed by atoms with Gasteiger partial charge in [0.25, 0.3) is 0 Å². The molecule has 0 saturated heterocycles. The second-order valence-electron chi connectivity index (χ2n) is 1.20. The van der Waals surface area contributed by atoms with Crippen molar-refractivity contribution in [3.63, 3.8) is 0 Å². The van der Waals surface area contributed by atoms with Crippen molar-refractivity contribution in [2.75, 3.05) is 13.2 Å². The summed E-state index contributed by atoms with van der Waals surface area (Å²) in [5.74, 6) is 0. The molecule has 1 radical (unpaired) electrons. The molecule has 0 bridgehead atoms. The van der Waals surface area contributed by atoms with Crippen LogP contribution in [0.15, 0.2) is 0 Å². The van der Waals surface area contributed by atoms with E-state index in [0.29, 0.717) is 0 Å². The van der Waals surface area contributed by atoms with Gasteiger partial charge in [-0.05, 0) is 13.3 Å². The van der Waals surface area contributed by atoms with Crippen LogP contribution in [0.1, 0.15) is 20.3 Å². The Hall–Kier alpha value is 0.466. The van der Waals surface area contributed by atoms with Gasteiger partial charge in [-0.3, -0.25) is 0 Å². The van der Waals surface area contributed by atoms with E-state index in [0.717, 1.165) is 19.6 Å². The zero-order valence-corrected chi connectivity index (χ0v) is 5.90. The quantitative estimate of drug-likeness (QED) is 0.548. The third kappa shape index (κ3) is 10.7. The smallest absolute Gasteiger partial charge is 0.0463 e. The second-order valence-corrected chi connectivity index (χ2v) is 1.20. The maximum absolute atomic E-state index is 4.98. The first-order valence-electron chi connectivity index (χ1n) is 2.49. The van der Waals surface area contributed by atoms with Gasteiger partial charge in [-0.2, -0.15) is 0 Å². The van der Waals surface area contributed by atoms with E-state index in [4.69, 9.17) is 4.74 Å². The molecule has 0 saturated carbocycles. The minimum atomic E-state index is 0. The Morgan fingerprint density at radius 2 is 1.86 bits per heavy atom. The second kappa shape index (κ2) is 9.69. The van der Waals surface area contributed by atoms with Crippen molar-refractivity contribution in [1.82, 2.24) is 0 Å². The molecule has 0 spiro atoms. The van der Waals surface area contributed by atoms with Gasteiger partial charge in [0.1, 0.15) is 0 Å². The first kappa shape index (κ1) is 10.4. The molecule has 0 aromatic rings. The number of hydrogen-bond donors (Lipinski definition) is 0. The van der Waals surface area contributed by atoms with Gasteiger partial charge in [-0.1, -0.05) is 6.92 Å². The molecule has 0 amide bonds. The Bertz CT molecular complexity index is 20.0. The van der Waals surface area contributed by atoms with Gasteiger partial charge in [0.2, 0.25) is 0 Å². The number of hydrogen-bond acceptors (Lipinski definition) is 1. The van der Waals surface area contributed by atoms with Gasteiger partial charge in [-0.25, -0.2) is 0 Å². The molecule has 0 heterocycles. The standard InChI is InChI=1S/C5H12O.Co/c1-3-5-6-4-2;/h3-5H2,1-2H3;. The molecule has 0 atom stereocenters. The fourth-order valence-corrected chi connectivity index (χ4v) is 0.289. The normalized spacial score (nSPS) is 7.71. The molecule has 0 aliphatic carbocycles. The average Bonchev–Trinajstić information content (AvgIpc) is 1.61. The minimum Gasteiger partial charge on any atom is -0.382 e. The SMILES string of the molecule is CCCOCC.[Co]. The van der Waals surface area contributed by atoms with E-state index in [1.54, 1.807) is 0 Å². The predicted octanol–water partition coefficient (Wildman–Crippen LogP) is 1.43. The van der Waals surface area contributed by atoms with Gasteiger partial charge < -0.3 is 4.74 Å². The molecule has 0 aromatic carbocycles. The largest absolute Gasteiger partial charge is 0.382 e. The van der Waals surface area contributed by atoms with E-state index in [1.165, 1.54) is 0 Å². The first-order valence-corrected chi connectivity index (χ1v) is 2.49. The Labute approximate surface area is 55.6 Å². The Balaban J connectivity index is 0. The molecule has 0 rings (SSSR count). The van der Waals surface area contributed by atoms with Crippen molar-refractivity contribution in [3.05, 3.63) is 0 Å². The summed E-state index contributed by atoms with van der Waals surface area (Å²) in [6.07, 6.45) is 1.13. The van der Waals surface area contributed by atoms with E-state index < -0.39 is 0 Å². The van der Waals surface area contributed by atoms with Crippen LogP contribution in [0, 0.1) is 0 Å². The van der Waals surface area contributed by atoms with Gasteiger partial charge in [0.15, 0.2) is 0 Å². The maximum atomic E-state index is 4.98. The van der Waals surface area contributed by atoms with Crippen LogP contribution in [0.3, 0.4) is 0 Å². The molecule has 1 nitrogen and oxygen atoms in total. The molecule has 7 heavy (non-hydrogen) atoms. The predicted molar refractivity (Wildman–Crippen MR) is 26.8 cm³/mol. The van der Waals surface area contributed by atoms with Gasteiger partial charge in [-0.15, -0.1) is 0 Å². The Kier molecular flexibility index (Phi) is 14.5. The molecule has 0 fully saturated rings. The molecule has 47 valence electrons. The Morgan fingerprint density at radius 3 is 2.00 bits per heavy atom. The van der Waals surface area contributed by atoms with Crippen LogP contribution in [0.2, 0.25) is 0 Å². The summed E-state index contributed by atoms with van der Waals surface area (Å²) in [6, 6.07) is 0. The summed E-state index contributed by atoms with van der Waals surface area (Å²) in [6.45, 7) is 5.88. The van der Waals surface area contributed by atoms with Crippen molar-refractivity contribution in [2.45, 2.75) is 20.3 Å². The van der Waals surface area contributed by atoms with Crippen LogP contribution in [0.4, 0.5) is 0 Å². The Morgan fingerprint density at radius 1 is 1.29 bits per heavy atom. The molecule has 0 N–H and O–H groups in total. The molecule has 0 aliphatic rings. The third-order valence-electron chi connectivity index (χ3n) is 0.553. The molecule has 0 aromatic heterocycles. The zero-order chi connectivity index (χ0) is 4.83. The average molecular weight is 147 g/mol. The summed E-state index contributed by atoms with van der Waals surface area (Å²) in [5.41, 5.74) is 0. The molecule has 0 aliphatic heterocycles. The van der Waals surface area contributed by atoms with E-state index >= 15 is 0 Å². The minimum absolute atomic E-state index is 0. The summed E-state index contributed by atoms with van der Waals surface area (Å²) in [5, 5.41) is 0. The van der Waals surface area contributed by atoms with Gasteiger partial charge in [0.05, 0.1) is 0 Å². The summed E-state index contributed by atoms with van der Waals surface area (Å²) < 4.78 is 4.98. The topological polar surface area (TPSA) is 9.23 Å². The van der Waals surface area contributed by atoms with E-state index in [1.807, 2.05) is 6.92 Å². The number of rotatable bonds is 3. The summed E-state index contributed by atoms with van der Waals surface area (Å²) in [7, 11) is 0. The summed E-state index contributed by atoms with van der Waals surface area (Å²) in [4.78, 5) is 0. The number of ether oxygens (including phenoxy) is 1. The fourth-order valence-electron chi connectivity index (χ4n) is 0.289. The molecule has 2 heteroatoms. The zero-order valence-electron chi connectivity index (χ0n) is 4.86. The van der Waals surface area contributed by atoms with Crippen LogP contribution < -0.4 is 0 Å².